The molecule has 0 spiro atoms. The van der Waals surface area contributed by atoms with Crippen LogP contribution in [0.25, 0.3) is 11.1 Å². The molecule has 1 aromatic carbocycles. The summed E-state index contributed by atoms with van der Waals surface area (Å²) in [6.45, 7) is 4.59. The second-order valence-electron chi connectivity index (χ2n) is 6.79. The minimum Gasteiger partial charge on any atom is -0.441 e. The van der Waals surface area contributed by atoms with Crippen LogP contribution in [0.1, 0.15) is 32.1 Å². The van der Waals surface area contributed by atoms with Crippen LogP contribution in [0, 0.1) is 12.8 Å². The molecule has 1 aromatic heterocycles. The van der Waals surface area contributed by atoms with E-state index in [-0.39, 0.29) is 17.7 Å². The van der Waals surface area contributed by atoms with Gasteiger partial charge in [-0.1, -0.05) is 0 Å². The van der Waals surface area contributed by atoms with E-state index in [1.54, 1.807) is 13.0 Å². The van der Waals surface area contributed by atoms with Crippen LogP contribution in [0.5, 0.6) is 0 Å². The van der Waals surface area contributed by atoms with Gasteiger partial charge in [0.2, 0.25) is 0 Å². The number of urea groups is 1. The zero-order chi connectivity index (χ0) is 16.0. The Labute approximate surface area is 134 Å². The summed E-state index contributed by atoms with van der Waals surface area (Å²) in [5.74, 6) is 1.21. The van der Waals surface area contributed by atoms with Crippen molar-refractivity contribution in [3.8, 4) is 0 Å². The fraction of sp³-hybridized carbons (Fsp3) is 0.529. The molecule has 2 fully saturated rings. The van der Waals surface area contributed by atoms with Crippen LogP contribution in [-0.2, 0) is 4.74 Å². The molecule has 2 heterocycles. The minimum atomic E-state index is -0.293. The van der Waals surface area contributed by atoms with Crippen LogP contribution in [-0.4, -0.2) is 29.3 Å². The van der Waals surface area contributed by atoms with Gasteiger partial charge in [-0.15, -0.1) is 0 Å². The van der Waals surface area contributed by atoms with Crippen molar-refractivity contribution < 1.29 is 13.9 Å². The number of aryl methyl sites for hydroxylation is 1. The van der Waals surface area contributed by atoms with E-state index >= 15 is 0 Å². The standard InChI is InChI=1S/C17H21N3O3/c1-10-18-13-6-5-12(9-14(13)23-10)19-16(21)20-17(2)7-8-22-15(17)11-3-4-11/h5-6,9,11,15H,3-4,7-8H2,1-2H3,(H2,19,20,21)/t15-,17-/m0/s1. The third-order valence-corrected chi connectivity index (χ3v) is 4.75. The number of hydrogen-bond donors (Lipinski definition) is 2. The molecular weight excluding hydrogens is 294 g/mol. The van der Waals surface area contributed by atoms with Crippen molar-refractivity contribution in [2.45, 2.75) is 44.8 Å². The van der Waals surface area contributed by atoms with E-state index in [4.69, 9.17) is 9.15 Å². The molecule has 1 aliphatic carbocycles. The van der Waals surface area contributed by atoms with Gasteiger partial charge in [0.15, 0.2) is 11.5 Å². The van der Waals surface area contributed by atoms with E-state index in [1.165, 1.54) is 12.8 Å². The third kappa shape index (κ3) is 2.79. The third-order valence-electron chi connectivity index (χ3n) is 4.75. The topological polar surface area (TPSA) is 76.4 Å². The molecular formula is C17H21N3O3. The molecule has 0 bridgehead atoms. The van der Waals surface area contributed by atoms with Crippen LogP contribution >= 0.6 is 0 Å². The monoisotopic (exact) mass is 315 g/mol. The highest BCUT2D eigenvalue weighted by atomic mass is 16.5. The van der Waals surface area contributed by atoms with Crippen LogP contribution in [0.4, 0.5) is 10.5 Å². The first-order valence-electron chi connectivity index (χ1n) is 8.11. The highest BCUT2D eigenvalue weighted by molar-refractivity contribution is 5.92. The number of nitrogens with one attached hydrogen (secondary N) is 2. The maximum atomic E-state index is 12.4. The maximum absolute atomic E-state index is 12.4. The molecule has 2 aliphatic rings. The summed E-state index contributed by atoms with van der Waals surface area (Å²) in [5, 5.41) is 5.99. The first kappa shape index (κ1) is 14.5. The van der Waals surface area contributed by atoms with Crippen molar-refractivity contribution in [3.63, 3.8) is 0 Å². The summed E-state index contributed by atoms with van der Waals surface area (Å²) in [4.78, 5) is 16.6. The van der Waals surface area contributed by atoms with E-state index in [9.17, 15) is 4.79 Å². The van der Waals surface area contributed by atoms with E-state index in [1.807, 2.05) is 12.1 Å². The van der Waals surface area contributed by atoms with Crippen molar-refractivity contribution >= 4 is 22.8 Å². The predicted molar refractivity (Wildman–Crippen MR) is 86.4 cm³/mol. The summed E-state index contributed by atoms with van der Waals surface area (Å²) in [6.07, 6.45) is 3.38. The SMILES string of the molecule is Cc1nc2ccc(NC(=O)N[C@@]3(C)CCO[C@H]3C3CC3)cc2o1. The quantitative estimate of drug-likeness (QED) is 0.912. The molecule has 6 nitrogen and oxygen atoms in total. The zero-order valence-electron chi connectivity index (χ0n) is 13.4. The Morgan fingerprint density at radius 3 is 3.00 bits per heavy atom. The van der Waals surface area contributed by atoms with Crippen LogP contribution < -0.4 is 10.6 Å². The van der Waals surface area contributed by atoms with Gasteiger partial charge in [-0.25, -0.2) is 9.78 Å². The van der Waals surface area contributed by atoms with Gasteiger partial charge < -0.3 is 19.8 Å². The number of ether oxygens (including phenoxy) is 1. The fourth-order valence-corrected chi connectivity index (χ4v) is 3.45. The lowest BCUT2D eigenvalue weighted by atomic mass is 9.90. The van der Waals surface area contributed by atoms with Crippen LogP contribution in [0.3, 0.4) is 0 Å². The number of amides is 2. The molecule has 23 heavy (non-hydrogen) atoms. The lowest BCUT2D eigenvalue weighted by Crippen LogP contribution is -2.53. The average molecular weight is 315 g/mol. The average Bonchev–Trinajstić information content (AvgIpc) is 3.15. The Balaban J connectivity index is 1.46. The normalized spacial score (nSPS) is 27.3. The zero-order valence-corrected chi connectivity index (χ0v) is 13.4. The molecule has 4 rings (SSSR count). The lowest BCUT2D eigenvalue weighted by Gasteiger charge is -2.31. The number of fused-ring (bicyclic) bond motifs is 1. The van der Waals surface area contributed by atoms with E-state index in [2.05, 4.69) is 22.5 Å². The van der Waals surface area contributed by atoms with Gasteiger partial charge >= 0.3 is 6.03 Å². The second-order valence-corrected chi connectivity index (χ2v) is 6.79. The van der Waals surface area contributed by atoms with Crippen molar-refractivity contribution in [2.75, 3.05) is 11.9 Å². The van der Waals surface area contributed by atoms with Crippen molar-refractivity contribution in [1.82, 2.24) is 10.3 Å². The molecule has 0 unspecified atom stereocenters. The Morgan fingerprint density at radius 2 is 2.22 bits per heavy atom. The van der Waals surface area contributed by atoms with Crippen molar-refractivity contribution in [2.24, 2.45) is 5.92 Å². The second kappa shape index (κ2) is 5.23. The number of oxazole rings is 1. The number of anilines is 1. The molecule has 2 N–H and O–H groups in total. The molecule has 2 aromatic rings. The number of nitrogens with zero attached hydrogens (tertiary/aromatic N) is 1. The van der Waals surface area contributed by atoms with E-state index in [0.29, 0.717) is 29.7 Å². The van der Waals surface area contributed by atoms with E-state index < -0.39 is 0 Å². The van der Waals surface area contributed by atoms with Crippen LogP contribution in [0.15, 0.2) is 22.6 Å². The van der Waals surface area contributed by atoms with Gasteiger partial charge in [-0.2, -0.15) is 0 Å². The maximum Gasteiger partial charge on any atom is 0.319 e. The first-order valence-corrected chi connectivity index (χ1v) is 8.11. The smallest absolute Gasteiger partial charge is 0.319 e. The number of carbonyl (C=O) groups excluding carboxylic acids is 1. The Bertz CT molecular complexity index is 753. The van der Waals surface area contributed by atoms with Crippen LogP contribution in [0.2, 0.25) is 0 Å². The van der Waals surface area contributed by atoms with Gasteiger partial charge in [0, 0.05) is 25.3 Å². The number of benzene rings is 1. The number of rotatable bonds is 3. The van der Waals surface area contributed by atoms with Gasteiger partial charge in [-0.3, -0.25) is 0 Å². The lowest BCUT2D eigenvalue weighted by molar-refractivity contribution is 0.0597. The molecule has 2 atom stereocenters. The highest BCUT2D eigenvalue weighted by Crippen LogP contribution is 2.43. The molecule has 122 valence electrons. The van der Waals surface area contributed by atoms with Crippen molar-refractivity contribution in [1.29, 1.82) is 0 Å². The number of carbonyl (C=O) groups is 1. The van der Waals surface area contributed by atoms with Crippen molar-refractivity contribution in [3.05, 3.63) is 24.1 Å². The highest BCUT2D eigenvalue weighted by Gasteiger charge is 2.49. The Kier molecular flexibility index (Phi) is 3.30. The predicted octanol–water partition coefficient (Wildman–Crippen LogP) is 3.22. The summed E-state index contributed by atoms with van der Waals surface area (Å²) in [5.41, 5.74) is 1.86. The first-order chi connectivity index (χ1) is 11.0. The summed E-state index contributed by atoms with van der Waals surface area (Å²) in [6, 6.07) is 5.25. The van der Waals surface area contributed by atoms with E-state index in [0.717, 1.165) is 11.9 Å². The molecule has 1 saturated carbocycles. The molecule has 1 saturated heterocycles. The van der Waals surface area contributed by atoms with Gasteiger partial charge in [0.05, 0.1) is 11.6 Å². The Hall–Kier alpha value is -2.08. The number of aromatic nitrogens is 1. The Morgan fingerprint density at radius 1 is 1.39 bits per heavy atom. The van der Waals surface area contributed by atoms with Gasteiger partial charge in [0.1, 0.15) is 5.52 Å². The minimum absolute atomic E-state index is 0.132. The molecule has 2 amide bonds. The van der Waals surface area contributed by atoms with Gasteiger partial charge in [0.25, 0.3) is 0 Å². The molecule has 1 aliphatic heterocycles. The summed E-state index contributed by atoms with van der Waals surface area (Å²) >= 11 is 0. The van der Waals surface area contributed by atoms with Gasteiger partial charge in [-0.05, 0) is 44.2 Å². The number of hydrogen-bond acceptors (Lipinski definition) is 4. The molecule has 0 radical (unpaired) electrons. The summed E-state index contributed by atoms with van der Waals surface area (Å²) < 4.78 is 11.3. The summed E-state index contributed by atoms with van der Waals surface area (Å²) in [7, 11) is 0. The molecule has 6 heteroatoms. The largest absolute Gasteiger partial charge is 0.441 e. The fourth-order valence-electron chi connectivity index (χ4n) is 3.45.